The summed E-state index contributed by atoms with van der Waals surface area (Å²) >= 11 is 0. The van der Waals surface area contributed by atoms with Gasteiger partial charge in [0.2, 0.25) is 10.0 Å². The van der Waals surface area contributed by atoms with Crippen molar-refractivity contribution in [1.29, 1.82) is 0 Å². The zero-order valence-electron chi connectivity index (χ0n) is 12.9. The van der Waals surface area contributed by atoms with Crippen LogP contribution in [0.1, 0.15) is 43.2 Å². The molecule has 0 atom stereocenters. The third-order valence-electron chi connectivity index (χ3n) is 4.49. The van der Waals surface area contributed by atoms with Gasteiger partial charge in [0.05, 0.1) is 11.5 Å². The molecule has 0 radical (unpaired) electrons. The van der Waals surface area contributed by atoms with Crippen LogP contribution in [0.2, 0.25) is 0 Å². The fraction of sp³-hybridized carbons (Fsp3) is 0.625. The van der Waals surface area contributed by atoms with E-state index in [-0.39, 0.29) is 6.61 Å². The third kappa shape index (κ3) is 3.65. The van der Waals surface area contributed by atoms with Crippen molar-refractivity contribution in [2.24, 2.45) is 5.92 Å². The molecule has 4 nitrogen and oxygen atoms in total. The summed E-state index contributed by atoms with van der Waals surface area (Å²) in [5.41, 5.74) is 1.32. The number of nitrogens with zero attached hydrogens (tertiary/aromatic N) is 1. The molecule has 1 aliphatic carbocycles. The molecule has 2 rings (SSSR count). The summed E-state index contributed by atoms with van der Waals surface area (Å²) in [6.07, 6.45) is 5.92. The highest BCUT2D eigenvalue weighted by atomic mass is 32.2. The van der Waals surface area contributed by atoms with Gasteiger partial charge in [-0.05, 0) is 42.9 Å². The molecule has 0 spiro atoms. The molecule has 1 aliphatic rings. The van der Waals surface area contributed by atoms with E-state index in [0.717, 1.165) is 12.8 Å². The Hall–Kier alpha value is -0.910. The number of aliphatic hydroxyl groups is 1. The van der Waals surface area contributed by atoms with E-state index in [0.29, 0.717) is 28.5 Å². The Morgan fingerprint density at radius 2 is 1.90 bits per heavy atom. The molecule has 21 heavy (non-hydrogen) atoms. The minimum Gasteiger partial charge on any atom is -0.392 e. The molecule has 0 heterocycles. The summed E-state index contributed by atoms with van der Waals surface area (Å²) in [5.74, 6) is 0.472. The van der Waals surface area contributed by atoms with Gasteiger partial charge in [0.15, 0.2) is 0 Å². The van der Waals surface area contributed by atoms with Gasteiger partial charge < -0.3 is 5.11 Å². The average molecular weight is 311 g/mol. The van der Waals surface area contributed by atoms with E-state index < -0.39 is 10.0 Å². The molecule has 0 aliphatic heterocycles. The number of benzene rings is 1. The van der Waals surface area contributed by atoms with Crippen LogP contribution in [0.5, 0.6) is 0 Å². The minimum atomic E-state index is -3.48. The maximum Gasteiger partial charge on any atom is 0.243 e. The van der Waals surface area contributed by atoms with E-state index in [9.17, 15) is 13.5 Å². The van der Waals surface area contributed by atoms with Crippen LogP contribution in [0.25, 0.3) is 0 Å². The van der Waals surface area contributed by atoms with Crippen LogP contribution in [0.3, 0.4) is 0 Å². The second kappa shape index (κ2) is 6.90. The lowest BCUT2D eigenvalue weighted by Gasteiger charge is -2.27. The van der Waals surface area contributed by atoms with Crippen molar-refractivity contribution in [3.63, 3.8) is 0 Å². The predicted octanol–water partition coefficient (Wildman–Crippen LogP) is 2.69. The fourth-order valence-electron chi connectivity index (χ4n) is 3.11. The van der Waals surface area contributed by atoms with Gasteiger partial charge in [-0.15, -0.1) is 0 Å². The Bertz CT molecular complexity index is 577. The lowest BCUT2D eigenvalue weighted by Crippen LogP contribution is -2.33. The summed E-state index contributed by atoms with van der Waals surface area (Å²) in [6.45, 7) is 2.21. The largest absolute Gasteiger partial charge is 0.392 e. The second-order valence-corrected chi connectivity index (χ2v) is 8.00. The molecule has 1 aromatic rings. The van der Waals surface area contributed by atoms with Gasteiger partial charge in [-0.1, -0.05) is 31.4 Å². The van der Waals surface area contributed by atoms with E-state index >= 15 is 0 Å². The van der Waals surface area contributed by atoms with Crippen molar-refractivity contribution in [1.82, 2.24) is 4.31 Å². The van der Waals surface area contributed by atoms with Crippen LogP contribution in [-0.2, 0) is 16.6 Å². The van der Waals surface area contributed by atoms with Gasteiger partial charge in [0, 0.05) is 13.6 Å². The third-order valence-corrected chi connectivity index (χ3v) is 6.46. The molecule has 1 aromatic carbocycles. The van der Waals surface area contributed by atoms with Gasteiger partial charge in [-0.25, -0.2) is 12.7 Å². The Balaban J connectivity index is 2.20. The van der Waals surface area contributed by atoms with Crippen LogP contribution < -0.4 is 0 Å². The first-order valence-corrected chi connectivity index (χ1v) is 9.06. The predicted molar refractivity (Wildman–Crippen MR) is 83.5 cm³/mol. The maximum absolute atomic E-state index is 12.7. The van der Waals surface area contributed by atoms with Gasteiger partial charge in [0.25, 0.3) is 0 Å². The molecule has 0 unspecified atom stereocenters. The molecule has 1 saturated carbocycles. The van der Waals surface area contributed by atoms with Gasteiger partial charge in [-0.3, -0.25) is 0 Å². The van der Waals surface area contributed by atoms with Crippen LogP contribution in [0, 0.1) is 12.8 Å². The highest BCUT2D eigenvalue weighted by Gasteiger charge is 2.26. The minimum absolute atomic E-state index is 0.137. The van der Waals surface area contributed by atoms with Crippen molar-refractivity contribution in [2.45, 2.75) is 50.5 Å². The van der Waals surface area contributed by atoms with Crippen LogP contribution >= 0.6 is 0 Å². The number of hydrogen-bond acceptors (Lipinski definition) is 3. The maximum atomic E-state index is 12.7. The monoisotopic (exact) mass is 311 g/mol. The molecule has 0 saturated heterocycles. The molecule has 5 heteroatoms. The number of hydrogen-bond donors (Lipinski definition) is 1. The zero-order chi connectivity index (χ0) is 15.5. The topological polar surface area (TPSA) is 57.6 Å². The van der Waals surface area contributed by atoms with Crippen molar-refractivity contribution < 1.29 is 13.5 Å². The standard InChI is InChI=1S/C16H25NO3S/c1-13-15(12-18)9-6-10-16(13)21(19,20)17(2)11-14-7-4-3-5-8-14/h6,9-10,14,18H,3-5,7-8,11-12H2,1-2H3. The summed E-state index contributed by atoms with van der Waals surface area (Å²) in [5, 5.41) is 9.30. The Kier molecular flexibility index (Phi) is 5.41. The lowest BCUT2D eigenvalue weighted by atomic mass is 9.89. The van der Waals surface area contributed by atoms with Crippen molar-refractivity contribution >= 4 is 10.0 Å². The van der Waals surface area contributed by atoms with Crippen LogP contribution in [0.4, 0.5) is 0 Å². The van der Waals surface area contributed by atoms with E-state index in [2.05, 4.69) is 0 Å². The molecule has 0 bridgehead atoms. The first kappa shape index (κ1) is 16.5. The normalized spacial score (nSPS) is 17.3. The summed E-state index contributed by atoms with van der Waals surface area (Å²) in [6, 6.07) is 5.08. The molecular formula is C16H25NO3S. The van der Waals surface area contributed by atoms with Gasteiger partial charge >= 0.3 is 0 Å². The fourth-order valence-corrected chi connectivity index (χ4v) is 4.62. The summed E-state index contributed by atoms with van der Waals surface area (Å²) in [4.78, 5) is 0.312. The van der Waals surface area contributed by atoms with Crippen molar-refractivity contribution in [3.8, 4) is 0 Å². The molecule has 118 valence electrons. The molecule has 1 fully saturated rings. The number of sulfonamides is 1. The number of aliphatic hydroxyl groups excluding tert-OH is 1. The molecular weight excluding hydrogens is 286 g/mol. The average Bonchev–Trinajstić information content (AvgIpc) is 2.48. The first-order valence-electron chi connectivity index (χ1n) is 7.62. The van der Waals surface area contributed by atoms with Crippen molar-refractivity contribution in [2.75, 3.05) is 13.6 Å². The van der Waals surface area contributed by atoms with Gasteiger partial charge in [0.1, 0.15) is 0 Å². The van der Waals surface area contributed by atoms with Crippen LogP contribution in [0.15, 0.2) is 23.1 Å². The highest BCUT2D eigenvalue weighted by molar-refractivity contribution is 7.89. The van der Waals surface area contributed by atoms with Crippen molar-refractivity contribution in [3.05, 3.63) is 29.3 Å². The Labute approximate surface area is 127 Å². The van der Waals surface area contributed by atoms with Crippen LogP contribution in [-0.4, -0.2) is 31.4 Å². The smallest absolute Gasteiger partial charge is 0.243 e. The zero-order valence-corrected chi connectivity index (χ0v) is 13.7. The first-order chi connectivity index (χ1) is 9.96. The van der Waals surface area contributed by atoms with Gasteiger partial charge in [-0.2, -0.15) is 0 Å². The number of rotatable bonds is 5. The Morgan fingerprint density at radius 1 is 1.24 bits per heavy atom. The SMILES string of the molecule is Cc1c(CO)cccc1S(=O)(=O)N(C)CC1CCCCC1. The van der Waals surface area contributed by atoms with E-state index in [1.165, 1.54) is 23.6 Å². The Morgan fingerprint density at radius 3 is 2.52 bits per heavy atom. The molecule has 0 aromatic heterocycles. The summed E-state index contributed by atoms with van der Waals surface area (Å²) in [7, 11) is -1.82. The van der Waals surface area contributed by atoms with E-state index in [1.807, 2.05) is 0 Å². The highest BCUT2D eigenvalue weighted by Crippen LogP contribution is 2.27. The van der Waals surface area contributed by atoms with E-state index in [1.54, 1.807) is 32.2 Å². The molecule has 0 amide bonds. The van der Waals surface area contributed by atoms with E-state index in [4.69, 9.17) is 0 Å². The lowest BCUT2D eigenvalue weighted by molar-refractivity contribution is 0.280. The molecule has 1 N–H and O–H groups in total. The summed E-state index contributed by atoms with van der Waals surface area (Å²) < 4.78 is 27.0. The second-order valence-electron chi connectivity index (χ2n) is 5.99. The quantitative estimate of drug-likeness (QED) is 0.909.